The molecule has 3 rings (SSSR count). The summed E-state index contributed by atoms with van der Waals surface area (Å²) in [6.07, 6.45) is 4.56. The van der Waals surface area contributed by atoms with Gasteiger partial charge in [0.15, 0.2) is 5.69 Å². The van der Waals surface area contributed by atoms with Crippen LogP contribution in [0.1, 0.15) is 50.0 Å². The van der Waals surface area contributed by atoms with Crippen molar-refractivity contribution in [1.82, 2.24) is 15.5 Å². The molecular weight excluding hydrogens is 309 g/mol. The second kappa shape index (κ2) is 6.71. The maximum absolute atomic E-state index is 13.7. The summed E-state index contributed by atoms with van der Waals surface area (Å²) in [5, 5.41) is 9.30. The summed E-state index contributed by atoms with van der Waals surface area (Å²) in [4.78, 5) is 24.9. The van der Waals surface area contributed by atoms with Gasteiger partial charge in [0, 0.05) is 6.04 Å². The highest BCUT2D eigenvalue weighted by atomic mass is 19.1. The van der Waals surface area contributed by atoms with Crippen molar-refractivity contribution in [3.63, 3.8) is 0 Å². The van der Waals surface area contributed by atoms with Gasteiger partial charge in [0.1, 0.15) is 11.3 Å². The lowest BCUT2D eigenvalue weighted by Crippen LogP contribution is -2.42. The van der Waals surface area contributed by atoms with E-state index in [1.807, 2.05) is 6.92 Å². The topological polar surface area (TPSA) is 74.8 Å². The number of halogens is 1. The van der Waals surface area contributed by atoms with E-state index in [2.05, 4.69) is 22.4 Å². The van der Waals surface area contributed by atoms with E-state index in [9.17, 15) is 14.0 Å². The number of nitrogens with zero attached hydrogens (tertiary/aromatic N) is 1. The molecule has 1 aliphatic rings. The number of carbonyl (C=O) groups is 1. The van der Waals surface area contributed by atoms with Crippen LogP contribution in [0.4, 0.5) is 4.39 Å². The summed E-state index contributed by atoms with van der Waals surface area (Å²) in [5.74, 6) is 0.00436. The van der Waals surface area contributed by atoms with Gasteiger partial charge in [-0.2, -0.15) is 5.10 Å². The molecule has 3 atom stereocenters. The third-order valence-electron chi connectivity index (χ3n) is 5.01. The molecule has 2 N–H and O–H groups in total. The third-order valence-corrected chi connectivity index (χ3v) is 5.01. The predicted molar refractivity (Wildman–Crippen MR) is 90.4 cm³/mol. The summed E-state index contributed by atoms with van der Waals surface area (Å²) in [6.45, 7) is 4.19. The number of aromatic amines is 1. The van der Waals surface area contributed by atoms with Crippen LogP contribution < -0.4 is 10.7 Å². The second-order valence-corrected chi connectivity index (χ2v) is 6.86. The number of hydrogen-bond donors (Lipinski definition) is 2. The van der Waals surface area contributed by atoms with E-state index in [1.54, 1.807) is 0 Å². The molecule has 2 aromatic rings. The number of amides is 1. The molecule has 6 heteroatoms. The highest BCUT2D eigenvalue weighted by Gasteiger charge is 2.26. The average molecular weight is 331 g/mol. The van der Waals surface area contributed by atoms with E-state index in [1.165, 1.54) is 31.0 Å². The predicted octanol–water partition coefficient (Wildman–Crippen LogP) is 3.01. The van der Waals surface area contributed by atoms with Gasteiger partial charge in [0.05, 0.1) is 5.39 Å². The largest absolute Gasteiger partial charge is 0.348 e. The molecule has 1 fully saturated rings. The molecule has 1 aliphatic carbocycles. The number of benzene rings is 1. The van der Waals surface area contributed by atoms with Crippen molar-refractivity contribution in [3.8, 4) is 0 Å². The molecule has 0 spiro atoms. The summed E-state index contributed by atoms with van der Waals surface area (Å²) in [6, 6.07) is 4.15. The number of fused-ring (bicyclic) bond motifs is 1. The zero-order chi connectivity index (χ0) is 17.3. The van der Waals surface area contributed by atoms with Gasteiger partial charge < -0.3 is 5.32 Å². The van der Waals surface area contributed by atoms with Gasteiger partial charge in [-0.3, -0.25) is 14.7 Å². The van der Waals surface area contributed by atoms with E-state index in [-0.39, 0.29) is 22.6 Å². The van der Waals surface area contributed by atoms with Crippen LogP contribution in [-0.2, 0) is 0 Å². The van der Waals surface area contributed by atoms with Gasteiger partial charge in [-0.25, -0.2) is 4.39 Å². The Labute approximate surface area is 139 Å². The Morgan fingerprint density at radius 2 is 2.21 bits per heavy atom. The number of rotatable bonds is 3. The fraction of sp³-hybridized carbons (Fsp3) is 0.500. The molecule has 1 amide bonds. The molecule has 2 unspecified atom stereocenters. The van der Waals surface area contributed by atoms with E-state index in [0.29, 0.717) is 11.8 Å². The van der Waals surface area contributed by atoms with E-state index in [0.717, 1.165) is 12.8 Å². The fourth-order valence-electron chi connectivity index (χ4n) is 3.60. The zero-order valence-electron chi connectivity index (χ0n) is 13.9. The summed E-state index contributed by atoms with van der Waals surface area (Å²) in [5.41, 5.74) is -0.748. The van der Waals surface area contributed by atoms with Crippen LogP contribution in [0.3, 0.4) is 0 Å². The molecule has 1 aromatic heterocycles. The molecule has 0 radical (unpaired) electrons. The van der Waals surface area contributed by atoms with Crippen molar-refractivity contribution < 1.29 is 9.18 Å². The van der Waals surface area contributed by atoms with E-state index in [4.69, 9.17) is 0 Å². The fourth-order valence-corrected chi connectivity index (χ4v) is 3.60. The van der Waals surface area contributed by atoms with Crippen molar-refractivity contribution in [1.29, 1.82) is 0 Å². The third kappa shape index (κ3) is 3.18. The van der Waals surface area contributed by atoms with Gasteiger partial charge in [0.2, 0.25) is 5.43 Å². The van der Waals surface area contributed by atoms with Gasteiger partial charge >= 0.3 is 0 Å². The van der Waals surface area contributed by atoms with Crippen LogP contribution in [0.25, 0.3) is 10.9 Å². The van der Waals surface area contributed by atoms with Gasteiger partial charge in [-0.1, -0.05) is 25.8 Å². The molecular formula is C18H22FN3O2. The van der Waals surface area contributed by atoms with Crippen molar-refractivity contribution in [3.05, 3.63) is 39.9 Å². The maximum atomic E-state index is 13.7. The van der Waals surface area contributed by atoms with Crippen LogP contribution in [0.5, 0.6) is 0 Å². The molecule has 1 heterocycles. The normalized spacial score (nSPS) is 22.3. The summed E-state index contributed by atoms with van der Waals surface area (Å²) >= 11 is 0. The minimum atomic E-state index is -0.561. The Morgan fingerprint density at radius 1 is 1.42 bits per heavy atom. The lowest BCUT2D eigenvalue weighted by Gasteiger charge is -2.31. The number of para-hydroxylation sites is 1. The molecule has 5 nitrogen and oxygen atoms in total. The maximum Gasteiger partial charge on any atom is 0.276 e. The van der Waals surface area contributed by atoms with E-state index < -0.39 is 17.2 Å². The first-order chi connectivity index (χ1) is 11.5. The quantitative estimate of drug-likeness (QED) is 0.908. The first kappa shape index (κ1) is 16.6. The minimum absolute atomic E-state index is 0.0215. The van der Waals surface area contributed by atoms with Gasteiger partial charge in [-0.05, 0) is 43.7 Å². The van der Waals surface area contributed by atoms with E-state index >= 15 is 0 Å². The van der Waals surface area contributed by atoms with Gasteiger partial charge in [0.25, 0.3) is 5.91 Å². The smallest absolute Gasteiger partial charge is 0.276 e. The van der Waals surface area contributed by atoms with Crippen LogP contribution in [-0.4, -0.2) is 22.1 Å². The Bertz CT molecular complexity index is 818. The van der Waals surface area contributed by atoms with Crippen LogP contribution >= 0.6 is 0 Å². The number of H-pyrrole nitrogens is 1. The number of nitrogens with one attached hydrogen (secondary N) is 2. The minimum Gasteiger partial charge on any atom is -0.348 e. The van der Waals surface area contributed by atoms with Crippen LogP contribution in [0.15, 0.2) is 23.0 Å². The molecule has 1 aromatic carbocycles. The molecule has 0 saturated heterocycles. The molecule has 128 valence electrons. The average Bonchev–Trinajstić information content (AvgIpc) is 2.56. The van der Waals surface area contributed by atoms with Crippen molar-refractivity contribution in [2.75, 3.05) is 0 Å². The van der Waals surface area contributed by atoms with Crippen molar-refractivity contribution >= 4 is 16.8 Å². The first-order valence-corrected chi connectivity index (χ1v) is 8.45. The van der Waals surface area contributed by atoms with Crippen LogP contribution in [0, 0.1) is 17.7 Å². The summed E-state index contributed by atoms with van der Waals surface area (Å²) < 4.78 is 13.7. The highest BCUT2D eigenvalue weighted by molar-refractivity contribution is 5.95. The zero-order valence-corrected chi connectivity index (χ0v) is 13.9. The first-order valence-electron chi connectivity index (χ1n) is 8.45. The number of hydrogen-bond acceptors (Lipinski definition) is 3. The lowest BCUT2D eigenvalue weighted by molar-refractivity contribution is 0.0906. The number of aromatic nitrogens is 2. The Balaban J connectivity index is 1.81. The van der Waals surface area contributed by atoms with Gasteiger partial charge in [-0.15, -0.1) is 0 Å². The Morgan fingerprint density at radius 3 is 2.96 bits per heavy atom. The monoisotopic (exact) mass is 331 g/mol. The summed E-state index contributed by atoms with van der Waals surface area (Å²) in [7, 11) is 0. The van der Waals surface area contributed by atoms with Crippen molar-refractivity contribution in [2.24, 2.45) is 11.8 Å². The molecule has 24 heavy (non-hydrogen) atoms. The Hall–Kier alpha value is -2.24. The van der Waals surface area contributed by atoms with Crippen molar-refractivity contribution in [2.45, 2.75) is 45.6 Å². The lowest BCUT2D eigenvalue weighted by atomic mass is 9.79. The second-order valence-electron chi connectivity index (χ2n) is 6.86. The number of carbonyl (C=O) groups excluding carboxylic acids is 1. The molecule has 0 bridgehead atoms. The Kier molecular flexibility index (Phi) is 4.64. The molecule has 0 aliphatic heterocycles. The standard InChI is InChI=1S/C18H22FN3O2/c1-10-5-3-6-12(9-10)11(2)20-18(24)16-17(23)13-7-4-8-14(19)15(13)21-22-16/h4,7-8,10-12H,3,5-6,9H2,1-2H3,(H,20,24)(H,21,23)/t10?,11-,12?/m0/s1. The van der Waals surface area contributed by atoms with Crippen LogP contribution in [0.2, 0.25) is 0 Å². The molecule has 1 saturated carbocycles. The highest BCUT2D eigenvalue weighted by Crippen LogP contribution is 2.30. The SMILES string of the molecule is CC1CCCC([C@H](C)NC(=O)c2n[nH]c3c(F)cccc3c2=O)C1.